The van der Waals surface area contributed by atoms with Crippen molar-refractivity contribution < 1.29 is 9.63 Å². The normalized spacial score (nSPS) is 14.3. The van der Waals surface area contributed by atoms with E-state index in [0.717, 1.165) is 25.7 Å². The van der Waals surface area contributed by atoms with Crippen LogP contribution in [-0.4, -0.2) is 24.6 Å². The van der Waals surface area contributed by atoms with Gasteiger partial charge in [-0.15, -0.1) is 0 Å². The molecule has 3 nitrogen and oxygen atoms in total. The van der Waals surface area contributed by atoms with Gasteiger partial charge in [-0.05, 0) is 31.2 Å². The van der Waals surface area contributed by atoms with Gasteiger partial charge < -0.3 is 0 Å². The minimum Gasteiger partial charge on any atom is -0.276 e. The zero-order valence-corrected chi connectivity index (χ0v) is 15.0. The molecular formula is C20H31NO2. The molecule has 0 aromatic heterocycles. The van der Waals surface area contributed by atoms with Gasteiger partial charge in [-0.1, -0.05) is 75.1 Å². The Kier molecular flexibility index (Phi) is 9.30. The highest BCUT2D eigenvalue weighted by Crippen LogP contribution is 2.21. The third-order valence-electron chi connectivity index (χ3n) is 4.23. The number of nitrogens with zero attached hydrogens (tertiary/aromatic N) is 1. The molecule has 0 N–H and O–H groups in total. The molecule has 0 radical (unpaired) electrons. The first-order valence-corrected chi connectivity index (χ1v) is 8.61. The number of allylic oxidation sites excluding steroid dienone is 1. The second-order valence-electron chi connectivity index (χ2n) is 6.25. The van der Waals surface area contributed by atoms with E-state index >= 15 is 0 Å². The van der Waals surface area contributed by atoms with Gasteiger partial charge in [0.1, 0.15) is 0 Å². The number of hydrogen-bond acceptors (Lipinski definition) is 2. The van der Waals surface area contributed by atoms with E-state index in [1.165, 1.54) is 29.0 Å². The van der Waals surface area contributed by atoms with Crippen LogP contribution in [-0.2, 0) is 16.1 Å². The SMILES string of the molecule is CCCCCC(C(C)/C=C(\C)Cc1ccccc1)N(C=O)OC. The smallest absolute Gasteiger partial charge is 0.233 e. The molecule has 1 amide bonds. The van der Waals surface area contributed by atoms with Crippen molar-refractivity contribution >= 4 is 6.41 Å². The summed E-state index contributed by atoms with van der Waals surface area (Å²) >= 11 is 0. The van der Waals surface area contributed by atoms with E-state index in [1.54, 1.807) is 7.11 Å². The van der Waals surface area contributed by atoms with E-state index in [1.807, 2.05) is 6.07 Å². The van der Waals surface area contributed by atoms with Crippen LogP contribution in [0.25, 0.3) is 0 Å². The van der Waals surface area contributed by atoms with Crippen LogP contribution in [0.1, 0.15) is 52.0 Å². The number of hydrogen-bond donors (Lipinski definition) is 0. The molecule has 128 valence electrons. The lowest BCUT2D eigenvalue weighted by Gasteiger charge is -2.30. The number of amides is 1. The molecule has 1 aromatic carbocycles. The molecule has 0 fully saturated rings. The summed E-state index contributed by atoms with van der Waals surface area (Å²) < 4.78 is 0. The molecule has 3 heteroatoms. The van der Waals surface area contributed by atoms with E-state index in [4.69, 9.17) is 4.84 Å². The van der Waals surface area contributed by atoms with Crippen LogP contribution in [0.3, 0.4) is 0 Å². The first kappa shape index (κ1) is 19.4. The van der Waals surface area contributed by atoms with Gasteiger partial charge >= 0.3 is 0 Å². The molecule has 23 heavy (non-hydrogen) atoms. The van der Waals surface area contributed by atoms with Crippen molar-refractivity contribution in [3.05, 3.63) is 47.5 Å². The number of hydroxylamine groups is 2. The standard InChI is InChI=1S/C20H31NO2/c1-5-6-8-13-20(21(16-22)23-4)18(3)14-17(2)15-19-11-9-7-10-12-19/h7,9-12,14,16,18,20H,5-6,8,13,15H2,1-4H3/b17-14+. The van der Waals surface area contributed by atoms with Crippen molar-refractivity contribution in [3.8, 4) is 0 Å². The lowest BCUT2D eigenvalue weighted by Crippen LogP contribution is -2.37. The number of carbonyl (C=O) groups excluding carboxylic acids is 1. The fourth-order valence-electron chi connectivity index (χ4n) is 3.02. The minimum absolute atomic E-state index is 0.0924. The Morgan fingerprint density at radius 1 is 1.26 bits per heavy atom. The summed E-state index contributed by atoms with van der Waals surface area (Å²) in [6, 6.07) is 10.6. The molecule has 0 spiro atoms. The predicted octanol–water partition coefficient (Wildman–Crippen LogP) is 4.78. The van der Waals surface area contributed by atoms with E-state index < -0.39 is 0 Å². The fraction of sp³-hybridized carbons (Fsp3) is 0.550. The van der Waals surface area contributed by atoms with Gasteiger partial charge in [-0.3, -0.25) is 9.63 Å². The summed E-state index contributed by atoms with van der Waals surface area (Å²) in [5.74, 6) is 0.265. The third kappa shape index (κ3) is 7.00. The lowest BCUT2D eigenvalue weighted by molar-refractivity contribution is -0.178. The second-order valence-corrected chi connectivity index (χ2v) is 6.25. The van der Waals surface area contributed by atoms with Crippen LogP contribution in [0.4, 0.5) is 0 Å². The summed E-state index contributed by atoms with van der Waals surface area (Å²) in [4.78, 5) is 16.5. The monoisotopic (exact) mass is 317 g/mol. The third-order valence-corrected chi connectivity index (χ3v) is 4.23. The number of unbranched alkanes of at least 4 members (excludes halogenated alkanes) is 2. The van der Waals surface area contributed by atoms with Crippen molar-refractivity contribution in [1.82, 2.24) is 5.06 Å². The topological polar surface area (TPSA) is 29.5 Å². The van der Waals surface area contributed by atoms with Gasteiger partial charge in [-0.2, -0.15) is 0 Å². The Bertz CT molecular complexity index is 470. The molecule has 0 saturated carbocycles. The van der Waals surface area contributed by atoms with Crippen molar-refractivity contribution in [2.45, 2.75) is 58.9 Å². The molecule has 0 aliphatic rings. The maximum atomic E-state index is 11.3. The number of benzene rings is 1. The Labute approximate surface area is 141 Å². The average molecular weight is 317 g/mol. The van der Waals surface area contributed by atoms with Gasteiger partial charge in [0.05, 0.1) is 13.2 Å². The maximum Gasteiger partial charge on any atom is 0.233 e. The highest BCUT2D eigenvalue weighted by Gasteiger charge is 2.22. The molecule has 0 aliphatic carbocycles. The van der Waals surface area contributed by atoms with Crippen molar-refractivity contribution in [3.63, 3.8) is 0 Å². The molecular weight excluding hydrogens is 286 g/mol. The zero-order valence-electron chi connectivity index (χ0n) is 15.0. The van der Waals surface area contributed by atoms with Gasteiger partial charge in [-0.25, -0.2) is 5.06 Å². The van der Waals surface area contributed by atoms with Crippen LogP contribution in [0.2, 0.25) is 0 Å². The van der Waals surface area contributed by atoms with Crippen LogP contribution in [0.5, 0.6) is 0 Å². The highest BCUT2D eigenvalue weighted by molar-refractivity contribution is 5.46. The number of carbonyl (C=O) groups is 1. The maximum absolute atomic E-state index is 11.3. The molecule has 0 heterocycles. The average Bonchev–Trinajstić information content (AvgIpc) is 2.55. The Balaban J connectivity index is 2.75. The highest BCUT2D eigenvalue weighted by atomic mass is 16.7. The quantitative estimate of drug-likeness (QED) is 0.254. The van der Waals surface area contributed by atoms with E-state index in [0.29, 0.717) is 0 Å². The summed E-state index contributed by atoms with van der Waals surface area (Å²) in [7, 11) is 1.56. The molecule has 1 rings (SSSR count). The second kappa shape index (κ2) is 11.0. The summed E-state index contributed by atoms with van der Waals surface area (Å²) in [6.07, 6.45) is 8.47. The predicted molar refractivity (Wildman–Crippen MR) is 95.9 cm³/mol. The summed E-state index contributed by atoms with van der Waals surface area (Å²) in [5, 5.41) is 1.46. The summed E-state index contributed by atoms with van der Waals surface area (Å²) in [6.45, 7) is 6.52. The minimum atomic E-state index is 0.0924. The first-order chi connectivity index (χ1) is 11.1. The molecule has 0 aliphatic heterocycles. The molecule has 2 unspecified atom stereocenters. The van der Waals surface area contributed by atoms with Crippen molar-refractivity contribution in [2.75, 3.05) is 7.11 Å². The zero-order chi connectivity index (χ0) is 17.1. The Morgan fingerprint density at radius 2 is 1.96 bits per heavy atom. The molecule has 2 atom stereocenters. The van der Waals surface area contributed by atoms with Gasteiger partial charge in [0.15, 0.2) is 0 Å². The first-order valence-electron chi connectivity index (χ1n) is 8.61. The Morgan fingerprint density at radius 3 is 2.52 bits per heavy atom. The van der Waals surface area contributed by atoms with Crippen LogP contribution >= 0.6 is 0 Å². The largest absolute Gasteiger partial charge is 0.276 e. The van der Waals surface area contributed by atoms with E-state index in [-0.39, 0.29) is 12.0 Å². The van der Waals surface area contributed by atoms with E-state index in [2.05, 4.69) is 51.1 Å². The van der Waals surface area contributed by atoms with Crippen LogP contribution in [0.15, 0.2) is 42.0 Å². The lowest BCUT2D eigenvalue weighted by atomic mass is 9.92. The van der Waals surface area contributed by atoms with Gasteiger partial charge in [0.2, 0.25) is 6.41 Å². The van der Waals surface area contributed by atoms with E-state index in [9.17, 15) is 4.79 Å². The Hall–Kier alpha value is -1.61. The number of rotatable bonds is 11. The molecule has 1 aromatic rings. The van der Waals surface area contributed by atoms with Crippen LogP contribution < -0.4 is 0 Å². The molecule has 0 saturated heterocycles. The van der Waals surface area contributed by atoms with Crippen molar-refractivity contribution in [2.24, 2.45) is 5.92 Å². The van der Waals surface area contributed by atoms with Crippen LogP contribution in [0, 0.1) is 5.92 Å². The summed E-state index contributed by atoms with van der Waals surface area (Å²) in [5.41, 5.74) is 2.64. The van der Waals surface area contributed by atoms with Gasteiger partial charge in [0, 0.05) is 0 Å². The fourth-order valence-corrected chi connectivity index (χ4v) is 3.02. The molecule has 0 bridgehead atoms. The van der Waals surface area contributed by atoms with Crippen molar-refractivity contribution in [1.29, 1.82) is 0 Å². The van der Waals surface area contributed by atoms with Gasteiger partial charge in [0.25, 0.3) is 0 Å².